The van der Waals surface area contributed by atoms with Crippen LogP contribution in [0, 0.1) is 5.41 Å². The molecule has 1 saturated carbocycles. The van der Waals surface area contributed by atoms with E-state index in [0.717, 1.165) is 12.0 Å². The number of halogens is 1. The molecule has 0 radical (unpaired) electrons. The molecule has 1 aliphatic rings. The van der Waals surface area contributed by atoms with E-state index >= 15 is 0 Å². The van der Waals surface area contributed by atoms with Crippen LogP contribution in [0.1, 0.15) is 32.8 Å². The van der Waals surface area contributed by atoms with Crippen LogP contribution in [0.25, 0.3) is 0 Å². The van der Waals surface area contributed by atoms with Crippen molar-refractivity contribution in [1.82, 2.24) is 10.3 Å². The Morgan fingerprint density at radius 1 is 1.50 bits per heavy atom. The van der Waals surface area contributed by atoms with Crippen LogP contribution in [-0.4, -0.2) is 29.6 Å². The zero-order chi connectivity index (χ0) is 15.0. The molecule has 2 atom stereocenters. The van der Waals surface area contributed by atoms with Crippen LogP contribution in [0.4, 0.5) is 0 Å². The Kier molecular flexibility index (Phi) is 4.07. The van der Waals surface area contributed by atoms with Gasteiger partial charge in [0.05, 0.1) is 12.0 Å². The molecule has 110 valence electrons. The van der Waals surface area contributed by atoms with Crippen molar-refractivity contribution in [3.63, 3.8) is 0 Å². The SMILES string of the molecule is COC1(C)CC(NC(=O)Cc2ccc(Cl)nc2)C1(C)C. The molecule has 0 aliphatic heterocycles. The maximum Gasteiger partial charge on any atom is 0.224 e. The maximum atomic E-state index is 12.1. The lowest BCUT2D eigenvalue weighted by atomic mass is 9.56. The van der Waals surface area contributed by atoms with E-state index in [1.165, 1.54) is 0 Å². The summed E-state index contributed by atoms with van der Waals surface area (Å²) in [5.74, 6) is 0.00495. The lowest BCUT2D eigenvalue weighted by Crippen LogP contribution is -2.68. The Morgan fingerprint density at radius 3 is 2.70 bits per heavy atom. The fraction of sp³-hybridized carbons (Fsp3) is 0.600. The number of amides is 1. The Bertz CT molecular complexity index is 501. The fourth-order valence-corrected chi connectivity index (χ4v) is 2.78. The van der Waals surface area contributed by atoms with Crippen molar-refractivity contribution in [2.45, 2.75) is 45.3 Å². The molecule has 1 heterocycles. The van der Waals surface area contributed by atoms with Crippen molar-refractivity contribution in [2.24, 2.45) is 5.41 Å². The van der Waals surface area contributed by atoms with Crippen molar-refractivity contribution >= 4 is 17.5 Å². The third-order valence-electron chi connectivity index (χ3n) is 4.77. The molecule has 2 unspecified atom stereocenters. The van der Waals surface area contributed by atoms with Gasteiger partial charge in [0.1, 0.15) is 5.15 Å². The molecule has 1 amide bonds. The second kappa shape index (κ2) is 5.34. The zero-order valence-electron chi connectivity index (χ0n) is 12.4. The van der Waals surface area contributed by atoms with Gasteiger partial charge in [0, 0.05) is 24.8 Å². The average Bonchev–Trinajstić information content (AvgIpc) is 2.40. The van der Waals surface area contributed by atoms with Gasteiger partial charge in [-0.1, -0.05) is 31.5 Å². The highest BCUT2D eigenvalue weighted by molar-refractivity contribution is 6.29. The first-order valence-electron chi connectivity index (χ1n) is 6.73. The van der Waals surface area contributed by atoms with E-state index in [-0.39, 0.29) is 23.0 Å². The normalized spacial score (nSPS) is 27.8. The predicted molar refractivity (Wildman–Crippen MR) is 78.7 cm³/mol. The largest absolute Gasteiger partial charge is 0.378 e. The van der Waals surface area contributed by atoms with Gasteiger partial charge in [-0.25, -0.2) is 4.98 Å². The number of carbonyl (C=O) groups excluding carboxylic acids is 1. The van der Waals surface area contributed by atoms with E-state index in [4.69, 9.17) is 16.3 Å². The molecular formula is C15H21ClN2O2. The van der Waals surface area contributed by atoms with Crippen LogP contribution in [0.3, 0.4) is 0 Å². The standard InChI is InChI=1S/C15H21ClN2O2/c1-14(2)11(8-15(14,3)20-4)18-13(19)7-10-5-6-12(16)17-9-10/h5-6,9,11H,7-8H2,1-4H3,(H,18,19). The summed E-state index contributed by atoms with van der Waals surface area (Å²) in [5, 5.41) is 3.51. The highest BCUT2D eigenvalue weighted by atomic mass is 35.5. The predicted octanol–water partition coefficient (Wildman–Crippen LogP) is 2.60. The summed E-state index contributed by atoms with van der Waals surface area (Å²) < 4.78 is 5.56. The van der Waals surface area contributed by atoms with Crippen molar-refractivity contribution in [3.8, 4) is 0 Å². The zero-order valence-corrected chi connectivity index (χ0v) is 13.1. The van der Waals surface area contributed by atoms with Crippen LogP contribution in [0.2, 0.25) is 5.15 Å². The van der Waals surface area contributed by atoms with E-state index < -0.39 is 0 Å². The highest BCUT2D eigenvalue weighted by Crippen LogP contribution is 2.51. The van der Waals surface area contributed by atoms with Gasteiger partial charge < -0.3 is 10.1 Å². The Balaban J connectivity index is 1.92. The smallest absolute Gasteiger partial charge is 0.224 e. The molecular weight excluding hydrogens is 276 g/mol. The number of hydrogen-bond acceptors (Lipinski definition) is 3. The van der Waals surface area contributed by atoms with Gasteiger partial charge in [-0.2, -0.15) is 0 Å². The Labute approximate surface area is 124 Å². The van der Waals surface area contributed by atoms with Crippen molar-refractivity contribution in [2.75, 3.05) is 7.11 Å². The van der Waals surface area contributed by atoms with Gasteiger partial charge in [-0.15, -0.1) is 0 Å². The van der Waals surface area contributed by atoms with Gasteiger partial charge >= 0.3 is 0 Å². The molecule has 4 nitrogen and oxygen atoms in total. The van der Waals surface area contributed by atoms with Gasteiger partial charge in [0.25, 0.3) is 0 Å². The molecule has 1 aromatic heterocycles. The van der Waals surface area contributed by atoms with Gasteiger partial charge in [-0.05, 0) is 25.0 Å². The third-order valence-corrected chi connectivity index (χ3v) is 4.99. The van der Waals surface area contributed by atoms with E-state index in [9.17, 15) is 4.79 Å². The van der Waals surface area contributed by atoms with Crippen molar-refractivity contribution in [1.29, 1.82) is 0 Å². The highest BCUT2D eigenvalue weighted by Gasteiger charge is 2.58. The van der Waals surface area contributed by atoms with Crippen LogP contribution < -0.4 is 5.32 Å². The number of rotatable bonds is 4. The number of ether oxygens (including phenoxy) is 1. The third kappa shape index (κ3) is 2.67. The van der Waals surface area contributed by atoms with E-state index in [0.29, 0.717) is 11.6 Å². The number of pyridine rings is 1. The maximum absolute atomic E-state index is 12.1. The topological polar surface area (TPSA) is 51.2 Å². The van der Waals surface area contributed by atoms with E-state index in [2.05, 4.69) is 31.1 Å². The van der Waals surface area contributed by atoms with E-state index in [1.54, 1.807) is 19.4 Å². The Morgan fingerprint density at radius 2 is 2.20 bits per heavy atom. The monoisotopic (exact) mass is 296 g/mol. The summed E-state index contributed by atoms with van der Waals surface area (Å²) in [4.78, 5) is 16.1. The first-order valence-corrected chi connectivity index (χ1v) is 7.11. The molecule has 1 fully saturated rings. The fourth-order valence-electron chi connectivity index (χ4n) is 2.66. The number of nitrogens with one attached hydrogen (secondary N) is 1. The minimum atomic E-state index is -0.174. The van der Waals surface area contributed by atoms with E-state index in [1.807, 2.05) is 6.07 Å². The van der Waals surface area contributed by atoms with Gasteiger partial charge in [0.2, 0.25) is 5.91 Å². The molecule has 5 heteroatoms. The molecule has 1 aromatic rings. The molecule has 0 spiro atoms. The number of carbonyl (C=O) groups is 1. The van der Waals surface area contributed by atoms with Crippen LogP contribution in [-0.2, 0) is 16.0 Å². The first kappa shape index (κ1) is 15.3. The summed E-state index contributed by atoms with van der Waals surface area (Å²) >= 11 is 5.72. The summed E-state index contributed by atoms with van der Waals surface area (Å²) in [5.41, 5.74) is 0.612. The minimum absolute atomic E-state index is 0.00495. The lowest BCUT2D eigenvalue weighted by Gasteiger charge is -2.59. The van der Waals surface area contributed by atoms with Crippen molar-refractivity contribution in [3.05, 3.63) is 29.0 Å². The molecule has 2 rings (SSSR count). The number of hydrogen-bond donors (Lipinski definition) is 1. The number of aromatic nitrogens is 1. The molecule has 0 saturated heterocycles. The number of methoxy groups -OCH3 is 1. The molecule has 20 heavy (non-hydrogen) atoms. The van der Waals surface area contributed by atoms with Gasteiger partial charge in [0.15, 0.2) is 0 Å². The number of nitrogens with zero attached hydrogens (tertiary/aromatic N) is 1. The van der Waals surface area contributed by atoms with Gasteiger partial charge in [-0.3, -0.25) is 4.79 Å². The summed E-state index contributed by atoms with van der Waals surface area (Å²) in [7, 11) is 1.72. The quantitative estimate of drug-likeness (QED) is 0.869. The lowest BCUT2D eigenvalue weighted by molar-refractivity contribution is -0.182. The first-order chi connectivity index (χ1) is 9.28. The summed E-state index contributed by atoms with van der Waals surface area (Å²) in [6.45, 7) is 6.32. The second-order valence-corrected chi connectivity index (χ2v) is 6.53. The second-order valence-electron chi connectivity index (χ2n) is 6.15. The minimum Gasteiger partial charge on any atom is -0.378 e. The van der Waals surface area contributed by atoms with Crippen LogP contribution >= 0.6 is 11.6 Å². The molecule has 1 aliphatic carbocycles. The molecule has 0 aromatic carbocycles. The molecule has 0 bridgehead atoms. The Hall–Kier alpha value is -1.13. The average molecular weight is 297 g/mol. The molecule has 1 N–H and O–H groups in total. The summed E-state index contributed by atoms with van der Waals surface area (Å²) in [6, 6.07) is 3.65. The van der Waals surface area contributed by atoms with Crippen LogP contribution in [0.15, 0.2) is 18.3 Å². The summed E-state index contributed by atoms with van der Waals surface area (Å²) in [6.07, 6.45) is 2.79. The van der Waals surface area contributed by atoms with Crippen LogP contribution in [0.5, 0.6) is 0 Å². The van der Waals surface area contributed by atoms with Crippen molar-refractivity contribution < 1.29 is 9.53 Å².